The number of carbonyl (C=O) groups is 1. The molecule has 1 unspecified atom stereocenters. The second kappa shape index (κ2) is 9.78. The van der Waals surface area contributed by atoms with Crippen LogP contribution in [0.1, 0.15) is 29.7 Å². The van der Waals surface area contributed by atoms with Gasteiger partial charge in [-0.25, -0.2) is 0 Å². The van der Waals surface area contributed by atoms with Gasteiger partial charge >= 0.3 is 0 Å². The average Bonchev–Trinajstić information content (AvgIpc) is 3.24. The number of rotatable bonds is 7. The van der Waals surface area contributed by atoms with Gasteiger partial charge in [-0.2, -0.15) is 0 Å². The molecular weight excluding hydrogens is 418 g/mol. The van der Waals surface area contributed by atoms with Gasteiger partial charge in [0.1, 0.15) is 0 Å². The number of amides is 1. The smallest absolute Gasteiger partial charge is 0.230 e. The third kappa shape index (κ3) is 4.89. The van der Waals surface area contributed by atoms with Gasteiger partial charge in [0.25, 0.3) is 0 Å². The number of nitrogens with zero attached hydrogens (tertiary/aromatic N) is 4. The Balaban J connectivity index is 1.51. The monoisotopic (exact) mass is 443 g/mol. The van der Waals surface area contributed by atoms with E-state index in [4.69, 9.17) is 0 Å². The summed E-state index contributed by atoms with van der Waals surface area (Å²) >= 11 is 1.37. The van der Waals surface area contributed by atoms with Crippen LogP contribution in [0.25, 0.3) is 17.1 Å². The molecule has 0 saturated heterocycles. The van der Waals surface area contributed by atoms with Crippen molar-refractivity contribution in [2.24, 2.45) is 0 Å². The van der Waals surface area contributed by atoms with Crippen molar-refractivity contribution in [2.45, 2.75) is 32.0 Å². The molecule has 7 heteroatoms. The number of pyridine rings is 1. The fraction of sp³-hybridized carbons (Fsp3) is 0.200. The van der Waals surface area contributed by atoms with E-state index in [1.54, 1.807) is 12.4 Å². The van der Waals surface area contributed by atoms with Crippen LogP contribution in [0, 0.1) is 13.8 Å². The summed E-state index contributed by atoms with van der Waals surface area (Å²) in [5.74, 6) is 0.912. The molecular formula is C25H25N5OS. The number of hydrogen-bond donors (Lipinski definition) is 1. The topological polar surface area (TPSA) is 72.7 Å². The summed E-state index contributed by atoms with van der Waals surface area (Å²) in [5, 5.41) is 12.5. The summed E-state index contributed by atoms with van der Waals surface area (Å²) in [4.78, 5) is 16.8. The first-order valence-corrected chi connectivity index (χ1v) is 11.4. The molecule has 32 heavy (non-hydrogen) atoms. The van der Waals surface area contributed by atoms with E-state index in [2.05, 4.69) is 52.5 Å². The first kappa shape index (κ1) is 21.8. The lowest BCUT2D eigenvalue weighted by molar-refractivity contribution is -0.119. The number of carbonyl (C=O) groups excluding carboxylic acids is 1. The Morgan fingerprint density at radius 2 is 1.75 bits per heavy atom. The highest BCUT2D eigenvalue weighted by atomic mass is 32.2. The minimum atomic E-state index is -0.0678. The van der Waals surface area contributed by atoms with Gasteiger partial charge in [0, 0.05) is 23.6 Å². The molecule has 4 aromatic rings. The van der Waals surface area contributed by atoms with Crippen LogP contribution in [0.4, 0.5) is 0 Å². The Morgan fingerprint density at radius 3 is 2.47 bits per heavy atom. The quantitative estimate of drug-likeness (QED) is 0.411. The van der Waals surface area contributed by atoms with Gasteiger partial charge in [-0.05, 0) is 61.7 Å². The van der Waals surface area contributed by atoms with Crippen molar-refractivity contribution in [3.63, 3.8) is 0 Å². The van der Waals surface area contributed by atoms with Crippen molar-refractivity contribution in [3.05, 3.63) is 89.7 Å². The normalized spacial score (nSPS) is 11.8. The predicted octanol–water partition coefficient (Wildman–Crippen LogP) is 4.92. The van der Waals surface area contributed by atoms with Crippen molar-refractivity contribution in [1.82, 2.24) is 25.1 Å². The van der Waals surface area contributed by atoms with E-state index in [1.165, 1.54) is 22.9 Å². The maximum absolute atomic E-state index is 12.7. The van der Waals surface area contributed by atoms with Gasteiger partial charge in [0.2, 0.25) is 5.91 Å². The standard InChI is InChI=1S/C25H25N5OS/c1-17-9-10-21(15-18(17)2)19(3)27-23(31)16-32-25-29-28-24(20-11-13-26-14-12-20)30(25)22-7-5-4-6-8-22/h4-15,19H,16H2,1-3H3,(H,27,31). The van der Waals surface area contributed by atoms with E-state index < -0.39 is 0 Å². The van der Waals surface area contributed by atoms with Crippen LogP contribution in [-0.2, 0) is 4.79 Å². The number of para-hydroxylation sites is 1. The Hall–Kier alpha value is -3.45. The van der Waals surface area contributed by atoms with Crippen molar-refractivity contribution in [3.8, 4) is 17.1 Å². The first-order valence-electron chi connectivity index (χ1n) is 10.4. The average molecular weight is 444 g/mol. The van der Waals surface area contributed by atoms with Crippen molar-refractivity contribution in [1.29, 1.82) is 0 Å². The lowest BCUT2D eigenvalue weighted by Gasteiger charge is -2.16. The van der Waals surface area contributed by atoms with Crippen molar-refractivity contribution in [2.75, 3.05) is 5.75 Å². The predicted molar refractivity (Wildman–Crippen MR) is 128 cm³/mol. The van der Waals surface area contributed by atoms with E-state index in [9.17, 15) is 4.79 Å². The molecule has 2 aromatic heterocycles. The zero-order chi connectivity index (χ0) is 22.5. The fourth-order valence-electron chi connectivity index (χ4n) is 3.39. The molecule has 1 atom stereocenters. The molecule has 162 valence electrons. The molecule has 0 fully saturated rings. The van der Waals surface area contributed by atoms with Gasteiger partial charge in [-0.15, -0.1) is 10.2 Å². The van der Waals surface area contributed by atoms with Crippen LogP contribution in [0.3, 0.4) is 0 Å². The zero-order valence-corrected chi connectivity index (χ0v) is 19.1. The third-order valence-corrected chi connectivity index (χ3v) is 6.26. The molecule has 2 aromatic carbocycles. The Kier molecular flexibility index (Phi) is 6.66. The van der Waals surface area contributed by atoms with E-state index in [1.807, 2.05) is 54.0 Å². The molecule has 0 aliphatic carbocycles. The number of benzene rings is 2. The van der Waals surface area contributed by atoms with Crippen LogP contribution in [-0.4, -0.2) is 31.4 Å². The second-order valence-electron chi connectivity index (χ2n) is 7.63. The molecule has 0 aliphatic heterocycles. The van der Waals surface area contributed by atoms with E-state index in [0.717, 1.165) is 16.8 Å². The van der Waals surface area contributed by atoms with Crippen molar-refractivity contribution < 1.29 is 4.79 Å². The summed E-state index contributed by atoms with van der Waals surface area (Å²) in [5.41, 5.74) is 5.41. The minimum Gasteiger partial charge on any atom is -0.349 e. The van der Waals surface area contributed by atoms with Gasteiger partial charge in [0.05, 0.1) is 11.8 Å². The Labute approximate surface area is 192 Å². The summed E-state index contributed by atoms with van der Waals surface area (Å²) in [6.07, 6.45) is 3.46. The van der Waals surface area contributed by atoms with Gasteiger partial charge in [0.15, 0.2) is 11.0 Å². The molecule has 4 rings (SSSR count). The van der Waals surface area contributed by atoms with Gasteiger partial charge in [-0.3, -0.25) is 14.3 Å². The summed E-state index contributed by atoms with van der Waals surface area (Å²) in [6, 6.07) is 19.9. The summed E-state index contributed by atoms with van der Waals surface area (Å²) < 4.78 is 1.97. The largest absolute Gasteiger partial charge is 0.349 e. The van der Waals surface area contributed by atoms with E-state index in [0.29, 0.717) is 11.0 Å². The number of hydrogen-bond acceptors (Lipinski definition) is 5. The van der Waals surface area contributed by atoms with Crippen LogP contribution in [0.15, 0.2) is 78.2 Å². The van der Waals surface area contributed by atoms with Crippen LogP contribution in [0.5, 0.6) is 0 Å². The first-order chi connectivity index (χ1) is 15.5. The molecule has 1 amide bonds. The zero-order valence-electron chi connectivity index (χ0n) is 18.3. The number of thioether (sulfide) groups is 1. The second-order valence-corrected chi connectivity index (χ2v) is 8.58. The Morgan fingerprint density at radius 1 is 1.00 bits per heavy atom. The summed E-state index contributed by atoms with van der Waals surface area (Å²) in [7, 11) is 0. The molecule has 0 saturated carbocycles. The highest BCUT2D eigenvalue weighted by molar-refractivity contribution is 7.99. The van der Waals surface area contributed by atoms with Crippen LogP contribution >= 0.6 is 11.8 Å². The highest BCUT2D eigenvalue weighted by Gasteiger charge is 2.18. The van der Waals surface area contributed by atoms with Crippen LogP contribution < -0.4 is 5.32 Å². The van der Waals surface area contributed by atoms with Crippen LogP contribution in [0.2, 0.25) is 0 Å². The van der Waals surface area contributed by atoms with E-state index >= 15 is 0 Å². The number of aromatic nitrogens is 4. The summed E-state index contributed by atoms with van der Waals surface area (Å²) in [6.45, 7) is 6.17. The lowest BCUT2D eigenvalue weighted by Crippen LogP contribution is -2.28. The molecule has 0 bridgehead atoms. The fourth-order valence-corrected chi connectivity index (χ4v) is 4.15. The molecule has 0 aliphatic rings. The molecule has 6 nitrogen and oxygen atoms in total. The maximum Gasteiger partial charge on any atom is 0.230 e. The third-order valence-electron chi connectivity index (χ3n) is 5.33. The Bertz CT molecular complexity index is 1210. The maximum atomic E-state index is 12.7. The molecule has 1 N–H and O–H groups in total. The lowest BCUT2D eigenvalue weighted by atomic mass is 10.0. The van der Waals surface area contributed by atoms with Gasteiger partial charge in [-0.1, -0.05) is 48.2 Å². The van der Waals surface area contributed by atoms with E-state index in [-0.39, 0.29) is 17.7 Å². The SMILES string of the molecule is Cc1ccc(C(C)NC(=O)CSc2nnc(-c3ccncc3)n2-c2ccccc2)cc1C. The highest BCUT2D eigenvalue weighted by Crippen LogP contribution is 2.27. The molecule has 0 radical (unpaired) electrons. The molecule has 0 spiro atoms. The number of aryl methyl sites for hydroxylation is 2. The van der Waals surface area contributed by atoms with Gasteiger partial charge < -0.3 is 5.32 Å². The molecule has 2 heterocycles. The van der Waals surface area contributed by atoms with Crippen molar-refractivity contribution >= 4 is 17.7 Å². The number of nitrogens with one attached hydrogen (secondary N) is 1. The minimum absolute atomic E-state index is 0.0474.